The molecule has 0 bridgehead atoms. The molecule has 0 aliphatic carbocycles. The molecule has 3 rings (SSSR count). The number of methoxy groups -OCH3 is 2. The molecule has 17 heteroatoms. The fraction of sp³-hybridized carbons (Fsp3) is 0.425. The first-order chi connectivity index (χ1) is 26.6. The van der Waals surface area contributed by atoms with Crippen molar-refractivity contribution < 1.29 is 53.2 Å². The molecule has 4 N–H and O–H groups in total. The second-order valence-electron chi connectivity index (χ2n) is 14.2. The molecule has 0 saturated carbocycles. The maximum Gasteiger partial charge on any atom is 0.294 e. The SMILES string of the molecule is C=C(/C=C/C=C/C=C/C=C1/N(CCOC)c2ccc(S(=O)(=O)O)cc2C1(C)CCCS(=O)(=O)O)C(C)(CCCS(=O)(=O)O)c1cc(C(=O)NCCOC)ccc1C. The van der Waals surface area contributed by atoms with Gasteiger partial charge in [-0.2, -0.15) is 25.3 Å². The van der Waals surface area contributed by atoms with E-state index in [1.54, 1.807) is 61.8 Å². The van der Waals surface area contributed by atoms with Gasteiger partial charge in [-0.1, -0.05) is 56.0 Å². The molecule has 1 aliphatic rings. The topological polar surface area (TPSA) is 214 Å². The van der Waals surface area contributed by atoms with E-state index in [4.69, 9.17) is 9.47 Å². The van der Waals surface area contributed by atoms with Gasteiger partial charge in [-0.05, 0) is 98.2 Å². The highest BCUT2D eigenvalue weighted by Crippen LogP contribution is 2.51. The van der Waals surface area contributed by atoms with Gasteiger partial charge in [0.25, 0.3) is 36.3 Å². The van der Waals surface area contributed by atoms with Crippen LogP contribution in [0.4, 0.5) is 5.69 Å². The monoisotopic (exact) mass is 850 g/mol. The van der Waals surface area contributed by atoms with Crippen molar-refractivity contribution in [2.75, 3.05) is 56.9 Å². The Balaban J connectivity index is 1.95. The fourth-order valence-electron chi connectivity index (χ4n) is 6.98. The van der Waals surface area contributed by atoms with E-state index in [0.29, 0.717) is 55.1 Å². The normalized spacial score (nSPS) is 18.2. The van der Waals surface area contributed by atoms with Crippen LogP contribution >= 0.6 is 0 Å². The van der Waals surface area contributed by atoms with Crippen LogP contribution in [0.3, 0.4) is 0 Å². The minimum atomic E-state index is -4.54. The van der Waals surface area contributed by atoms with Crippen LogP contribution in [0.25, 0.3) is 0 Å². The number of benzene rings is 2. The second-order valence-corrected chi connectivity index (χ2v) is 18.8. The molecule has 1 aliphatic heterocycles. The molecule has 314 valence electrons. The number of aryl methyl sites for hydroxylation is 1. The van der Waals surface area contributed by atoms with Crippen LogP contribution in [0.5, 0.6) is 0 Å². The van der Waals surface area contributed by atoms with E-state index < -0.39 is 52.7 Å². The van der Waals surface area contributed by atoms with Crippen molar-refractivity contribution in [2.24, 2.45) is 0 Å². The first-order valence-corrected chi connectivity index (χ1v) is 22.8. The highest BCUT2D eigenvalue weighted by Gasteiger charge is 2.43. The largest absolute Gasteiger partial charge is 0.383 e. The van der Waals surface area contributed by atoms with Crippen LogP contribution in [0, 0.1) is 6.92 Å². The lowest BCUT2D eigenvalue weighted by atomic mass is 9.71. The van der Waals surface area contributed by atoms with Gasteiger partial charge in [0.2, 0.25) is 0 Å². The lowest BCUT2D eigenvalue weighted by Crippen LogP contribution is -2.31. The summed E-state index contributed by atoms with van der Waals surface area (Å²) in [6.07, 6.45) is 13.2. The van der Waals surface area contributed by atoms with Crippen LogP contribution in [0.2, 0.25) is 0 Å². The lowest BCUT2D eigenvalue weighted by Gasteiger charge is -2.33. The van der Waals surface area contributed by atoms with E-state index in [0.717, 1.165) is 16.8 Å². The van der Waals surface area contributed by atoms with Gasteiger partial charge in [-0.3, -0.25) is 18.5 Å². The molecule has 14 nitrogen and oxygen atoms in total. The van der Waals surface area contributed by atoms with Crippen LogP contribution in [0.1, 0.15) is 66.6 Å². The van der Waals surface area contributed by atoms with Crippen molar-refractivity contribution in [1.29, 1.82) is 0 Å². The molecule has 2 aromatic carbocycles. The molecular formula is C40H54N2O12S3. The highest BCUT2D eigenvalue weighted by atomic mass is 32.2. The first-order valence-electron chi connectivity index (χ1n) is 18.2. The fourth-order valence-corrected chi connectivity index (χ4v) is 8.51. The van der Waals surface area contributed by atoms with Crippen molar-refractivity contribution in [3.8, 4) is 0 Å². The third-order valence-corrected chi connectivity index (χ3v) is 12.5. The predicted octanol–water partition coefficient (Wildman–Crippen LogP) is 5.74. The van der Waals surface area contributed by atoms with Crippen LogP contribution < -0.4 is 10.2 Å². The molecule has 0 fully saturated rings. The molecular weight excluding hydrogens is 797 g/mol. The molecule has 2 aromatic rings. The van der Waals surface area contributed by atoms with Gasteiger partial charge >= 0.3 is 0 Å². The standard InChI is InChI=1S/C40H54N2O12S3/c1-30-16-17-32(38(43)41-22-24-53-5)28-34(30)39(3,20-12-26-55(44,45)46)31(2)14-10-8-7-9-11-15-37-40(4,21-13-27-56(47,48)49)35-29-33(57(50,51)52)18-19-36(35)42(37)23-25-54-6/h7-11,14-19,28-29H,2,12-13,20-27H2,1,3-6H3,(H,41,43)(H,44,45,46)(H,47,48,49)(H,50,51,52)/b8-7+,11-9+,14-10+,37-15+. The number of ether oxygens (including phenoxy) is 2. The van der Waals surface area contributed by atoms with Crippen molar-refractivity contribution >= 4 is 41.9 Å². The summed E-state index contributed by atoms with van der Waals surface area (Å²) in [4.78, 5) is 14.5. The summed E-state index contributed by atoms with van der Waals surface area (Å²) in [6, 6.07) is 9.57. The Morgan fingerprint density at radius 1 is 0.895 bits per heavy atom. The zero-order chi connectivity index (χ0) is 42.7. The van der Waals surface area contributed by atoms with Gasteiger partial charge in [0, 0.05) is 55.1 Å². The maximum atomic E-state index is 12.9. The Morgan fingerprint density at radius 2 is 1.53 bits per heavy atom. The van der Waals surface area contributed by atoms with E-state index >= 15 is 0 Å². The summed E-state index contributed by atoms with van der Waals surface area (Å²) in [5.41, 5.74) is 2.91. The molecule has 0 saturated heterocycles. The van der Waals surface area contributed by atoms with Gasteiger partial charge in [0.15, 0.2) is 0 Å². The number of hydrogen-bond acceptors (Lipinski definition) is 10. The number of carbonyl (C=O) groups excluding carboxylic acids is 1. The number of hydrogen-bond donors (Lipinski definition) is 4. The summed E-state index contributed by atoms with van der Waals surface area (Å²) in [5, 5.41) is 2.81. The summed E-state index contributed by atoms with van der Waals surface area (Å²) >= 11 is 0. The summed E-state index contributed by atoms with van der Waals surface area (Å²) in [7, 11) is -9.93. The lowest BCUT2D eigenvalue weighted by molar-refractivity contribution is 0.0937. The zero-order valence-corrected chi connectivity index (χ0v) is 35.4. The minimum Gasteiger partial charge on any atom is -0.383 e. The summed E-state index contributed by atoms with van der Waals surface area (Å²) in [6.45, 7) is 11.3. The average Bonchev–Trinajstić information content (AvgIpc) is 3.34. The molecule has 0 radical (unpaired) electrons. The number of nitrogens with zero attached hydrogens (tertiary/aromatic N) is 1. The van der Waals surface area contributed by atoms with Crippen molar-refractivity contribution in [3.63, 3.8) is 0 Å². The number of amides is 1. The summed E-state index contributed by atoms with van der Waals surface area (Å²) < 4.78 is 110. The van der Waals surface area contributed by atoms with Gasteiger partial charge in [0.1, 0.15) is 0 Å². The molecule has 2 atom stereocenters. The number of carbonyl (C=O) groups is 1. The summed E-state index contributed by atoms with van der Waals surface area (Å²) in [5.74, 6) is -1.22. The Morgan fingerprint density at radius 3 is 2.16 bits per heavy atom. The van der Waals surface area contributed by atoms with Crippen LogP contribution in [-0.2, 0) is 50.7 Å². The number of nitrogens with one attached hydrogen (secondary N) is 1. The van der Waals surface area contributed by atoms with E-state index in [-0.39, 0.29) is 30.1 Å². The third-order valence-electron chi connectivity index (χ3n) is 10.1. The van der Waals surface area contributed by atoms with Crippen LogP contribution in [-0.4, -0.2) is 96.8 Å². The average molecular weight is 851 g/mol. The zero-order valence-electron chi connectivity index (χ0n) is 33.0. The van der Waals surface area contributed by atoms with Gasteiger partial charge in [-0.25, -0.2) is 0 Å². The molecule has 0 aromatic heterocycles. The Labute approximate surface area is 337 Å². The van der Waals surface area contributed by atoms with Crippen molar-refractivity contribution in [2.45, 2.75) is 62.2 Å². The predicted molar refractivity (Wildman–Crippen MR) is 222 cm³/mol. The minimum absolute atomic E-state index is 0.0682. The molecule has 0 spiro atoms. The van der Waals surface area contributed by atoms with E-state index in [1.165, 1.54) is 19.2 Å². The van der Waals surface area contributed by atoms with E-state index in [9.17, 15) is 43.7 Å². The first kappa shape index (κ1) is 47.4. The number of rotatable bonds is 22. The number of anilines is 1. The van der Waals surface area contributed by atoms with E-state index in [2.05, 4.69) is 11.9 Å². The Hall–Kier alpha value is -3.94. The molecule has 2 unspecified atom stereocenters. The van der Waals surface area contributed by atoms with Gasteiger partial charge in [-0.15, -0.1) is 0 Å². The molecule has 1 heterocycles. The molecule has 1 amide bonds. The third kappa shape index (κ3) is 13.3. The van der Waals surface area contributed by atoms with Gasteiger partial charge < -0.3 is 19.7 Å². The van der Waals surface area contributed by atoms with Gasteiger partial charge in [0.05, 0.1) is 29.6 Å². The maximum absolute atomic E-state index is 12.9. The highest BCUT2D eigenvalue weighted by molar-refractivity contribution is 7.86. The van der Waals surface area contributed by atoms with Crippen molar-refractivity contribution in [1.82, 2.24) is 5.32 Å². The molecule has 57 heavy (non-hydrogen) atoms. The number of allylic oxidation sites excluding steroid dienone is 9. The second kappa shape index (κ2) is 20.2. The number of fused-ring (bicyclic) bond motifs is 1. The Bertz CT molecular complexity index is 2230. The van der Waals surface area contributed by atoms with E-state index in [1.807, 2.05) is 37.8 Å². The van der Waals surface area contributed by atoms with Crippen molar-refractivity contribution in [3.05, 3.63) is 119 Å². The smallest absolute Gasteiger partial charge is 0.294 e. The Kier molecular flexibility index (Phi) is 16.8. The quantitative estimate of drug-likeness (QED) is 0.0633. The van der Waals surface area contributed by atoms with Crippen LogP contribution in [0.15, 0.2) is 102 Å².